The molecule has 20 heavy (non-hydrogen) atoms. The molecule has 1 aromatic rings. The van der Waals surface area contributed by atoms with Gasteiger partial charge >= 0.3 is 0 Å². The number of rotatable bonds is 4. The van der Waals surface area contributed by atoms with E-state index in [1.54, 1.807) is 0 Å². The predicted molar refractivity (Wildman–Crippen MR) is 77.0 cm³/mol. The highest BCUT2D eigenvalue weighted by atomic mass is 35.5. The van der Waals surface area contributed by atoms with E-state index in [1.807, 2.05) is 0 Å². The third-order valence-electron chi connectivity index (χ3n) is 3.67. The van der Waals surface area contributed by atoms with Gasteiger partial charge in [-0.25, -0.2) is 0 Å². The van der Waals surface area contributed by atoms with E-state index in [1.165, 1.54) is 24.3 Å². The molecule has 1 aliphatic carbocycles. The third-order valence-corrected chi connectivity index (χ3v) is 4.10. The molecule has 0 bridgehead atoms. The van der Waals surface area contributed by atoms with E-state index >= 15 is 0 Å². The zero-order chi connectivity index (χ0) is 14.5. The van der Waals surface area contributed by atoms with Gasteiger partial charge in [-0.05, 0) is 43.7 Å². The number of hydrogen-bond donors (Lipinski definition) is 1. The molecule has 5 nitrogen and oxygen atoms in total. The minimum absolute atomic E-state index is 0.0121. The van der Waals surface area contributed by atoms with E-state index in [2.05, 4.69) is 5.32 Å². The molecule has 1 aliphatic rings. The van der Waals surface area contributed by atoms with Crippen molar-refractivity contribution in [3.8, 4) is 0 Å². The van der Waals surface area contributed by atoms with E-state index in [0.29, 0.717) is 18.0 Å². The Bertz CT molecular complexity index is 482. The van der Waals surface area contributed by atoms with Crippen molar-refractivity contribution in [3.05, 3.63) is 39.9 Å². The van der Waals surface area contributed by atoms with Gasteiger partial charge in [-0.1, -0.05) is 0 Å². The Balaban J connectivity index is 1.84. The van der Waals surface area contributed by atoms with E-state index in [9.17, 15) is 14.9 Å². The molecule has 0 spiro atoms. The molecule has 0 atom stereocenters. The van der Waals surface area contributed by atoms with Crippen LogP contribution in [0.1, 0.15) is 36.0 Å². The monoisotopic (exact) mass is 296 g/mol. The first-order valence-electron chi connectivity index (χ1n) is 6.73. The summed E-state index contributed by atoms with van der Waals surface area (Å²) >= 11 is 6.04. The maximum atomic E-state index is 11.9. The van der Waals surface area contributed by atoms with Gasteiger partial charge in [-0.15, -0.1) is 11.6 Å². The molecule has 0 saturated heterocycles. The first kappa shape index (κ1) is 14.8. The van der Waals surface area contributed by atoms with Crippen molar-refractivity contribution in [2.24, 2.45) is 5.92 Å². The summed E-state index contributed by atoms with van der Waals surface area (Å²) in [4.78, 5) is 22.0. The second kappa shape index (κ2) is 6.70. The molecule has 0 radical (unpaired) electrons. The van der Waals surface area contributed by atoms with Crippen molar-refractivity contribution < 1.29 is 9.72 Å². The Labute approximate surface area is 122 Å². The Morgan fingerprint density at radius 1 is 1.25 bits per heavy atom. The summed E-state index contributed by atoms with van der Waals surface area (Å²) in [5.41, 5.74) is 0.434. The largest absolute Gasteiger partial charge is 0.352 e. The van der Waals surface area contributed by atoms with Crippen molar-refractivity contribution in [1.29, 1.82) is 0 Å². The first-order valence-corrected chi connectivity index (χ1v) is 7.16. The Hall–Kier alpha value is -1.62. The fourth-order valence-corrected chi connectivity index (χ4v) is 2.65. The molecule has 1 fully saturated rings. The summed E-state index contributed by atoms with van der Waals surface area (Å²) in [5, 5.41) is 13.7. The smallest absolute Gasteiger partial charge is 0.269 e. The molecule has 0 unspecified atom stereocenters. The fourth-order valence-electron chi connectivity index (χ4n) is 2.40. The number of carbonyl (C=O) groups is 1. The van der Waals surface area contributed by atoms with Crippen LogP contribution >= 0.6 is 11.6 Å². The van der Waals surface area contributed by atoms with Crippen molar-refractivity contribution >= 4 is 23.2 Å². The van der Waals surface area contributed by atoms with Crippen LogP contribution in [0.2, 0.25) is 0 Å². The molecule has 108 valence electrons. The Kier molecular flexibility index (Phi) is 4.95. The normalized spacial score (nSPS) is 22.2. The molecule has 0 aromatic heterocycles. The van der Waals surface area contributed by atoms with Crippen LogP contribution in [0.3, 0.4) is 0 Å². The van der Waals surface area contributed by atoms with Crippen molar-refractivity contribution in [2.45, 2.75) is 31.1 Å². The Morgan fingerprint density at radius 3 is 2.40 bits per heavy atom. The summed E-state index contributed by atoms with van der Waals surface area (Å²) in [6.45, 7) is 0.638. The molecular formula is C14H17ClN2O3. The summed E-state index contributed by atoms with van der Waals surface area (Å²) in [7, 11) is 0. The van der Waals surface area contributed by atoms with Crippen LogP contribution in [-0.4, -0.2) is 22.8 Å². The highest BCUT2D eigenvalue weighted by Gasteiger charge is 2.20. The Morgan fingerprint density at radius 2 is 1.85 bits per heavy atom. The van der Waals surface area contributed by atoms with Crippen molar-refractivity contribution in [2.75, 3.05) is 6.54 Å². The topological polar surface area (TPSA) is 72.2 Å². The van der Waals surface area contributed by atoms with Gasteiger partial charge < -0.3 is 5.32 Å². The highest BCUT2D eigenvalue weighted by Crippen LogP contribution is 2.27. The van der Waals surface area contributed by atoms with E-state index in [-0.39, 0.29) is 17.0 Å². The number of nitro groups is 1. The van der Waals surface area contributed by atoms with Gasteiger partial charge in [-0.2, -0.15) is 0 Å². The van der Waals surface area contributed by atoms with Crippen molar-refractivity contribution in [1.82, 2.24) is 5.32 Å². The number of amides is 1. The number of hydrogen-bond acceptors (Lipinski definition) is 3. The second-order valence-electron chi connectivity index (χ2n) is 5.13. The quantitative estimate of drug-likeness (QED) is 0.527. The zero-order valence-corrected chi connectivity index (χ0v) is 11.8. The van der Waals surface area contributed by atoms with E-state index in [0.717, 1.165) is 25.7 Å². The van der Waals surface area contributed by atoms with Crippen LogP contribution in [-0.2, 0) is 0 Å². The molecule has 2 rings (SSSR count). The summed E-state index contributed by atoms with van der Waals surface area (Å²) in [6, 6.07) is 5.63. The van der Waals surface area contributed by atoms with Gasteiger partial charge in [0.15, 0.2) is 0 Å². The summed E-state index contributed by atoms with van der Waals surface area (Å²) in [5.74, 6) is 0.292. The average molecular weight is 297 g/mol. The van der Waals surface area contributed by atoms with E-state index < -0.39 is 4.92 Å². The molecule has 0 heterocycles. The number of nitrogens with zero attached hydrogens (tertiary/aromatic N) is 1. The highest BCUT2D eigenvalue weighted by molar-refractivity contribution is 6.20. The molecular weight excluding hydrogens is 280 g/mol. The predicted octanol–water partition coefficient (Wildman–Crippen LogP) is 3.12. The number of alkyl halides is 1. The second-order valence-corrected chi connectivity index (χ2v) is 5.75. The molecule has 1 saturated carbocycles. The van der Waals surface area contributed by atoms with E-state index in [4.69, 9.17) is 11.6 Å². The SMILES string of the molecule is O=C(NCC1CCC(Cl)CC1)c1ccc([N+](=O)[O-])cc1. The lowest BCUT2D eigenvalue weighted by molar-refractivity contribution is -0.384. The van der Waals surface area contributed by atoms with Crippen LogP contribution in [0.4, 0.5) is 5.69 Å². The van der Waals surface area contributed by atoms with Gasteiger partial charge in [-0.3, -0.25) is 14.9 Å². The number of nitro benzene ring substituents is 1. The lowest BCUT2D eigenvalue weighted by Gasteiger charge is -2.25. The lowest BCUT2D eigenvalue weighted by atomic mass is 9.89. The van der Waals surface area contributed by atoms with Crippen molar-refractivity contribution in [3.63, 3.8) is 0 Å². The minimum Gasteiger partial charge on any atom is -0.352 e. The fraction of sp³-hybridized carbons (Fsp3) is 0.500. The number of benzene rings is 1. The minimum atomic E-state index is -0.480. The average Bonchev–Trinajstić information content (AvgIpc) is 2.46. The maximum Gasteiger partial charge on any atom is 0.269 e. The molecule has 0 aliphatic heterocycles. The maximum absolute atomic E-state index is 11.9. The zero-order valence-electron chi connectivity index (χ0n) is 11.0. The van der Waals surface area contributed by atoms with Gasteiger partial charge in [0, 0.05) is 29.6 Å². The third kappa shape index (κ3) is 3.93. The standard InChI is InChI=1S/C14H17ClN2O3/c15-12-5-1-10(2-6-12)9-16-14(18)11-3-7-13(8-4-11)17(19)20/h3-4,7-8,10,12H,1-2,5-6,9H2,(H,16,18). The lowest BCUT2D eigenvalue weighted by Crippen LogP contribution is -2.31. The molecule has 1 aromatic carbocycles. The van der Waals surface area contributed by atoms with Crippen LogP contribution in [0.25, 0.3) is 0 Å². The molecule has 6 heteroatoms. The van der Waals surface area contributed by atoms with Crippen LogP contribution in [0, 0.1) is 16.0 Å². The molecule has 1 amide bonds. The van der Waals surface area contributed by atoms with Gasteiger partial charge in [0.05, 0.1) is 4.92 Å². The van der Waals surface area contributed by atoms with Gasteiger partial charge in [0.25, 0.3) is 11.6 Å². The summed E-state index contributed by atoms with van der Waals surface area (Å²) in [6.07, 6.45) is 4.07. The van der Waals surface area contributed by atoms with Crippen LogP contribution in [0.15, 0.2) is 24.3 Å². The van der Waals surface area contributed by atoms with Gasteiger partial charge in [0.1, 0.15) is 0 Å². The first-order chi connectivity index (χ1) is 9.56. The number of carbonyl (C=O) groups excluding carboxylic acids is 1. The van der Waals surface area contributed by atoms with Crippen LogP contribution < -0.4 is 5.32 Å². The molecule has 1 N–H and O–H groups in total. The number of halogens is 1. The van der Waals surface area contributed by atoms with Gasteiger partial charge in [0.2, 0.25) is 0 Å². The van der Waals surface area contributed by atoms with Crippen LogP contribution in [0.5, 0.6) is 0 Å². The number of non-ortho nitro benzene ring substituents is 1. The number of nitrogens with one attached hydrogen (secondary N) is 1. The summed E-state index contributed by atoms with van der Waals surface area (Å²) < 4.78 is 0.